The lowest BCUT2D eigenvalue weighted by molar-refractivity contribution is -0.140. The largest absolute Gasteiger partial charge is 0.507 e. The lowest BCUT2D eigenvalue weighted by Gasteiger charge is -2.26. The predicted molar refractivity (Wildman–Crippen MR) is 117 cm³/mol. The molecule has 2 heterocycles. The summed E-state index contributed by atoms with van der Waals surface area (Å²) in [5, 5.41) is 11.6. The van der Waals surface area contributed by atoms with Crippen LogP contribution in [-0.4, -0.2) is 33.8 Å². The van der Waals surface area contributed by atoms with Crippen LogP contribution in [0.5, 0.6) is 5.75 Å². The van der Waals surface area contributed by atoms with Gasteiger partial charge in [0.15, 0.2) is 0 Å². The van der Waals surface area contributed by atoms with Gasteiger partial charge in [-0.15, -0.1) is 0 Å². The normalized spacial score (nSPS) is 17.7. The van der Waals surface area contributed by atoms with Gasteiger partial charge >= 0.3 is 0 Å². The Morgan fingerprint density at radius 3 is 2.52 bits per heavy atom. The predicted octanol–water partition coefficient (Wildman–Crippen LogP) is 4.37. The number of methoxy groups -OCH3 is 1. The summed E-state index contributed by atoms with van der Waals surface area (Å²) in [6.45, 7) is 0.151. The van der Waals surface area contributed by atoms with Crippen molar-refractivity contribution in [3.05, 3.63) is 100 Å². The van der Waals surface area contributed by atoms with E-state index in [0.29, 0.717) is 21.9 Å². The SMILES string of the molecule is COc1ccccc1[C@@H]1C(=C(O)c2ccc(Cl)cc2)C(=O)C(=O)N1Cc1cccnc1. The summed E-state index contributed by atoms with van der Waals surface area (Å²) >= 11 is 5.96. The second-order valence-corrected chi connectivity index (χ2v) is 7.47. The number of carbonyl (C=O) groups excluding carboxylic acids is 2. The van der Waals surface area contributed by atoms with Crippen LogP contribution in [0.3, 0.4) is 0 Å². The van der Waals surface area contributed by atoms with E-state index in [9.17, 15) is 14.7 Å². The first-order valence-corrected chi connectivity index (χ1v) is 9.95. The molecule has 0 spiro atoms. The fourth-order valence-electron chi connectivity index (χ4n) is 3.71. The molecule has 31 heavy (non-hydrogen) atoms. The minimum atomic E-state index is -0.827. The molecule has 0 saturated carbocycles. The fourth-order valence-corrected chi connectivity index (χ4v) is 3.84. The first kappa shape index (κ1) is 20.6. The summed E-state index contributed by atoms with van der Waals surface area (Å²) < 4.78 is 5.49. The maximum atomic E-state index is 13.1. The molecule has 1 aliphatic rings. The van der Waals surface area contributed by atoms with Crippen molar-refractivity contribution >= 4 is 29.1 Å². The molecule has 1 atom stereocenters. The minimum absolute atomic E-state index is 0.000660. The molecular weight excluding hydrogens is 416 g/mol. The number of likely N-dealkylation sites (tertiary alicyclic amines) is 1. The summed E-state index contributed by atoms with van der Waals surface area (Å²) in [5.41, 5.74) is 1.75. The highest BCUT2D eigenvalue weighted by molar-refractivity contribution is 6.46. The number of benzene rings is 2. The Kier molecular flexibility index (Phi) is 5.73. The van der Waals surface area contributed by atoms with Crippen molar-refractivity contribution in [2.75, 3.05) is 7.11 Å². The molecule has 1 saturated heterocycles. The molecule has 0 bridgehead atoms. The molecule has 1 fully saturated rings. The van der Waals surface area contributed by atoms with Crippen LogP contribution in [0, 0.1) is 0 Å². The maximum absolute atomic E-state index is 13.1. The van der Waals surface area contributed by atoms with E-state index in [0.717, 1.165) is 5.56 Å². The standard InChI is InChI=1S/C24H19ClN2O4/c1-31-19-7-3-2-6-18(19)21-20(22(28)16-8-10-17(25)11-9-16)23(29)24(30)27(21)14-15-5-4-12-26-13-15/h2-13,21,28H,14H2,1H3/t21-/m1/s1. The van der Waals surface area contributed by atoms with Crippen LogP contribution in [0.15, 0.2) is 78.6 Å². The van der Waals surface area contributed by atoms with Gasteiger partial charge in [0.25, 0.3) is 11.7 Å². The zero-order chi connectivity index (χ0) is 22.0. The zero-order valence-corrected chi connectivity index (χ0v) is 17.4. The van der Waals surface area contributed by atoms with E-state index in [1.54, 1.807) is 67.0 Å². The fraction of sp³-hybridized carbons (Fsp3) is 0.125. The number of aliphatic hydroxyl groups excluding tert-OH is 1. The van der Waals surface area contributed by atoms with Crippen molar-refractivity contribution in [3.63, 3.8) is 0 Å². The Bertz CT molecular complexity index is 1160. The minimum Gasteiger partial charge on any atom is -0.507 e. The summed E-state index contributed by atoms with van der Waals surface area (Å²) in [6.07, 6.45) is 3.27. The van der Waals surface area contributed by atoms with Gasteiger partial charge in [-0.05, 0) is 42.0 Å². The number of ether oxygens (including phenoxy) is 1. The lowest BCUT2D eigenvalue weighted by atomic mass is 9.94. The van der Waals surface area contributed by atoms with E-state index < -0.39 is 17.7 Å². The first-order chi connectivity index (χ1) is 15.0. The van der Waals surface area contributed by atoms with Crippen LogP contribution in [0.2, 0.25) is 5.02 Å². The molecule has 7 heteroatoms. The Morgan fingerprint density at radius 2 is 1.84 bits per heavy atom. The number of para-hydroxylation sites is 1. The van der Waals surface area contributed by atoms with Crippen LogP contribution >= 0.6 is 11.6 Å². The lowest BCUT2D eigenvalue weighted by Crippen LogP contribution is -2.29. The van der Waals surface area contributed by atoms with Gasteiger partial charge in [0.2, 0.25) is 0 Å². The second kappa shape index (κ2) is 8.62. The molecule has 4 rings (SSSR count). The van der Waals surface area contributed by atoms with E-state index in [2.05, 4.69) is 4.98 Å². The Hall–Kier alpha value is -3.64. The maximum Gasteiger partial charge on any atom is 0.295 e. The van der Waals surface area contributed by atoms with Crippen molar-refractivity contribution < 1.29 is 19.4 Å². The summed E-state index contributed by atoms with van der Waals surface area (Å²) in [5.74, 6) is -1.21. The molecule has 2 aromatic carbocycles. The van der Waals surface area contributed by atoms with Crippen molar-refractivity contribution in [1.29, 1.82) is 0 Å². The molecule has 156 valence electrons. The molecule has 0 radical (unpaired) electrons. The van der Waals surface area contributed by atoms with Crippen molar-refractivity contribution in [3.8, 4) is 5.75 Å². The van der Waals surface area contributed by atoms with Crippen molar-refractivity contribution in [2.45, 2.75) is 12.6 Å². The number of Topliss-reactive ketones (excluding diaryl/α,β-unsaturated/α-hetero) is 1. The number of hydrogen-bond acceptors (Lipinski definition) is 5. The van der Waals surface area contributed by atoms with Gasteiger partial charge < -0.3 is 14.7 Å². The van der Waals surface area contributed by atoms with Crippen molar-refractivity contribution in [2.24, 2.45) is 0 Å². The number of hydrogen-bond donors (Lipinski definition) is 1. The van der Waals surface area contributed by atoms with Crippen LogP contribution < -0.4 is 4.74 Å². The summed E-state index contributed by atoms with van der Waals surface area (Å²) in [7, 11) is 1.52. The van der Waals surface area contributed by atoms with E-state index >= 15 is 0 Å². The number of pyridine rings is 1. The smallest absolute Gasteiger partial charge is 0.295 e. The first-order valence-electron chi connectivity index (χ1n) is 9.57. The van der Waals surface area contributed by atoms with Crippen LogP contribution in [0.1, 0.15) is 22.7 Å². The van der Waals surface area contributed by atoms with Gasteiger partial charge in [0.05, 0.1) is 18.7 Å². The highest BCUT2D eigenvalue weighted by Crippen LogP contribution is 2.43. The van der Waals surface area contributed by atoms with Gasteiger partial charge in [-0.25, -0.2) is 0 Å². The number of nitrogens with zero attached hydrogens (tertiary/aromatic N) is 2. The molecule has 0 unspecified atom stereocenters. The van der Waals surface area contributed by atoms with Gasteiger partial charge in [-0.1, -0.05) is 35.9 Å². The number of rotatable bonds is 5. The molecule has 0 aliphatic carbocycles. The highest BCUT2D eigenvalue weighted by Gasteiger charge is 2.47. The number of ketones is 1. The average molecular weight is 435 g/mol. The zero-order valence-electron chi connectivity index (χ0n) is 16.7. The number of aromatic nitrogens is 1. The number of aliphatic hydroxyl groups is 1. The van der Waals surface area contributed by atoms with Gasteiger partial charge in [0.1, 0.15) is 11.5 Å². The third-order valence-electron chi connectivity index (χ3n) is 5.17. The topological polar surface area (TPSA) is 79.7 Å². The third-order valence-corrected chi connectivity index (χ3v) is 5.42. The quantitative estimate of drug-likeness (QED) is 0.366. The van der Waals surface area contributed by atoms with Crippen molar-refractivity contribution in [1.82, 2.24) is 9.88 Å². The number of amides is 1. The Labute approximate surface area is 184 Å². The monoisotopic (exact) mass is 434 g/mol. The Balaban J connectivity index is 1.90. The van der Waals surface area contributed by atoms with Gasteiger partial charge in [0, 0.05) is 35.1 Å². The molecule has 1 N–H and O–H groups in total. The molecule has 1 aromatic heterocycles. The molecular formula is C24H19ClN2O4. The number of carbonyl (C=O) groups is 2. The molecule has 6 nitrogen and oxygen atoms in total. The van der Waals surface area contributed by atoms with Crippen LogP contribution in [-0.2, 0) is 16.1 Å². The van der Waals surface area contributed by atoms with Crippen LogP contribution in [0.4, 0.5) is 0 Å². The van der Waals surface area contributed by atoms with Gasteiger partial charge in [-0.2, -0.15) is 0 Å². The summed E-state index contributed by atoms with van der Waals surface area (Å²) in [6, 6.07) is 16.3. The van der Waals surface area contributed by atoms with E-state index in [4.69, 9.17) is 16.3 Å². The molecule has 1 aliphatic heterocycles. The van der Waals surface area contributed by atoms with E-state index in [1.165, 1.54) is 12.0 Å². The number of halogens is 1. The van der Waals surface area contributed by atoms with Crippen LogP contribution in [0.25, 0.3) is 5.76 Å². The highest BCUT2D eigenvalue weighted by atomic mass is 35.5. The Morgan fingerprint density at radius 1 is 1.10 bits per heavy atom. The van der Waals surface area contributed by atoms with Gasteiger partial charge in [-0.3, -0.25) is 14.6 Å². The molecule has 1 amide bonds. The molecule has 3 aromatic rings. The van der Waals surface area contributed by atoms with E-state index in [-0.39, 0.29) is 17.9 Å². The van der Waals surface area contributed by atoms with E-state index in [1.807, 2.05) is 6.07 Å². The average Bonchev–Trinajstić information content (AvgIpc) is 3.04. The summed E-state index contributed by atoms with van der Waals surface area (Å²) in [4.78, 5) is 31.6. The third kappa shape index (κ3) is 3.90. The second-order valence-electron chi connectivity index (χ2n) is 7.04.